The summed E-state index contributed by atoms with van der Waals surface area (Å²) < 4.78 is 13.6. The molecule has 0 spiro atoms. The van der Waals surface area contributed by atoms with Crippen molar-refractivity contribution in [2.75, 3.05) is 13.7 Å². The molecule has 4 aromatic rings. The predicted octanol–water partition coefficient (Wildman–Crippen LogP) is 5.10. The molecule has 0 saturated carbocycles. The van der Waals surface area contributed by atoms with Crippen LogP contribution in [0.2, 0.25) is 0 Å². The van der Waals surface area contributed by atoms with Crippen molar-refractivity contribution in [1.29, 1.82) is 0 Å². The van der Waals surface area contributed by atoms with E-state index in [1.807, 2.05) is 48.5 Å². The third-order valence-corrected chi connectivity index (χ3v) is 4.56. The normalized spacial score (nSPS) is 10.9. The first-order valence-corrected chi connectivity index (χ1v) is 9.04. The highest BCUT2D eigenvalue weighted by molar-refractivity contribution is 5.80. The maximum atomic E-state index is 5.97. The molecule has 0 saturated heterocycles. The van der Waals surface area contributed by atoms with Crippen molar-refractivity contribution in [3.8, 4) is 22.9 Å². The number of hydrogen-bond acceptors (Lipinski definition) is 3. The molecule has 0 aliphatic rings. The van der Waals surface area contributed by atoms with Gasteiger partial charge in [-0.05, 0) is 48.9 Å². The minimum Gasteiger partial charge on any atom is -0.497 e. The summed E-state index contributed by atoms with van der Waals surface area (Å²) in [6.45, 7) is 3.35. The van der Waals surface area contributed by atoms with Gasteiger partial charge in [0, 0.05) is 5.56 Å². The minimum absolute atomic E-state index is 0.570. The van der Waals surface area contributed by atoms with Crippen LogP contribution in [0.4, 0.5) is 0 Å². The van der Waals surface area contributed by atoms with Crippen LogP contribution in [-0.4, -0.2) is 23.3 Å². The first kappa shape index (κ1) is 17.2. The minimum atomic E-state index is 0.570. The zero-order valence-corrected chi connectivity index (χ0v) is 15.6. The molecular formula is C23H22N2O2. The Morgan fingerprint density at radius 2 is 1.70 bits per heavy atom. The molecule has 136 valence electrons. The Labute approximate surface area is 159 Å². The van der Waals surface area contributed by atoms with E-state index in [-0.39, 0.29) is 0 Å². The lowest BCUT2D eigenvalue weighted by molar-refractivity contribution is 0.300. The third kappa shape index (κ3) is 3.65. The van der Waals surface area contributed by atoms with E-state index in [4.69, 9.17) is 14.5 Å². The van der Waals surface area contributed by atoms with Crippen LogP contribution in [0.15, 0.2) is 72.8 Å². The lowest BCUT2D eigenvalue weighted by Crippen LogP contribution is -2.09. The first-order chi connectivity index (χ1) is 13.2. The van der Waals surface area contributed by atoms with Crippen LogP contribution in [-0.2, 0) is 6.54 Å². The Balaban J connectivity index is 1.65. The van der Waals surface area contributed by atoms with Crippen LogP contribution >= 0.6 is 0 Å². The van der Waals surface area contributed by atoms with Crippen molar-refractivity contribution in [1.82, 2.24) is 9.55 Å². The summed E-state index contributed by atoms with van der Waals surface area (Å²) in [7, 11) is 1.68. The van der Waals surface area contributed by atoms with E-state index in [1.165, 1.54) is 5.56 Å². The zero-order valence-electron chi connectivity index (χ0n) is 15.6. The van der Waals surface area contributed by atoms with Crippen LogP contribution < -0.4 is 9.47 Å². The number of aryl methyl sites for hydroxylation is 1. The second-order valence-corrected chi connectivity index (χ2v) is 6.47. The smallest absolute Gasteiger partial charge is 0.141 e. The van der Waals surface area contributed by atoms with Crippen molar-refractivity contribution in [3.63, 3.8) is 0 Å². The number of para-hydroxylation sites is 2. The molecule has 4 nitrogen and oxygen atoms in total. The highest BCUT2D eigenvalue weighted by Gasteiger charge is 2.13. The fourth-order valence-corrected chi connectivity index (χ4v) is 3.24. The molecule has 4 rings (SSSR count). The average Bonchev–Trinajstić information content (AvgIpc) is 3.07. The molecule has 1 aromatic heterocycles. The molecule has 0 bridgehead atoms. The van der Waals surface area contributed by atoms with Gasteiger partial charge in [0.05, 0.1) is 24.7 Å². The number of benzene rings is 3. The molecular weight excluding hydrogens is 336 g/mol. The van der Waals surface area contributed by atoms with E-state index < -0.39 is 0 Å². The summed E-state index contributed by atoms with van der Waals surface area (Å²) in [6, 6.07) is 24.3. The SMILES string of the molecule is COc1cccc(-c2nc3ccccc3n2CCOc2cccc(C)c2)c1. The van der Waals surface area contributed by atoms with Gasteiger partial charge < -0.3 is 14.0 Å². The molecule has 0 amide bonds. The third-order valence-electron chi connectivity index (χ3n) is 4.56. The number of ether oxygens (including phenoxy) is 2. The summed E-state index contributed by atoms with van der Waals surface area (Å²) in [5.74, 6) is 2.63. The van der Waals surface area contributed by atoms with Crippen LogP contribution in [0.5, 0.6) is 11.5 Å². The summed E-state index contributed by atoms with van der Waals surface area (Å²) >= 11 is 0. The molecule has 4 heteroatoms. The average molecular weight is 358 g/mol. The van der Waals surface area contributed by atoms with Gasteiger partial charge in [0.25, 0.3) is 0 Å². The Morgan fingerprint density at radius 3 is 2.56 bits per heavy atom. The summed E-state index contributed by atoms with van der Waals surface area (Å²) in [5, 5.41) is 0. The predicted molar refractivity (Wildman–Crippen MR) is 108 cm³/mol. The number of nitrogens with zero attached hydrogens (tertiary/aromatic N) is 2. The van der Waals surface area contributed by atoms with Crippen molar-refractivity contribution >= 4 is 11.0 Å². The monoisotopic (exact) mass is 358 g/mol. The largest absolute Gasteiger partial charge is 0.497 e. The number of hydrogen-bond donors (Lipinski definition) is 0. The van der Waals surface area contributed by atoms with Gasteiger partial charge in [-0.3, -0.25) is 0 Å². The van der Waals surface area contributed by atoms with E-state index in [0.29, 0.717) is 13.2 Å². The number of aromatic nitrogens is 2. The van der Waals surface area contributed by atoms with E-state index in [0.717, 1.165) is 33.9 Å². The van der Waals surface area contributed by atoms with E-state index in [9.17, 15) is 0 Å². The van der Waals surface area contributed by atoms with Crippen molar-refractivity contribution in [3.05, 3.63) is 78.4 Å². The number of methoxy groups -OCH3 is 1. The Kier molecular flexibility index (Phi) is 4.79. The van der Waals surface area contributed by atoms with Gasteiger partial charge in [-0.2, -0.15) is 0 Å². The molecule has 3 aromatic carbocycles. The maximum Gasteiger partial charge on any atom is 0.141 e. The van der Waals surface area contributed by atoms with Gasteiger partial charge in [-0.25, -0.2) is 4.98 Å². The number of imidazole rings is 1. The van der Waals surface area contributed by atoms with Gasteiger partial charge in [0.2, 0.25) is 0 Å². The number of rotatable bonds is 6. The summed E-state index contributed by atoms with van der Waals surface area (Å²) in [4.78, 5) is 4.85. The van der Waals surface area contributed by atoms with E-state index >= 15 is 0 Å². The summed E-state index contributed by atoms with van der Waals surface area (Å²) in [5.41, 5.74) is 4.30. The van der Waals surface area contributed by atoms with Crippen LogP contribution in [0.1, 0.15) is 5.56 Å². The molecule has 0 fully saturated rings. The molecule has 1 heterocycles. The Morgan fingerprint density at radius 1 is 0.889 bits per heavy atom. The van der Waals surface area contributed by atoms with Gasteiger partial charge in [0.1, 0.15) is 23.9 Å². The van der Waals surface area contributed by atoms with Crippen molar-refractivity contribution in [2.45, 2.75) is 13.5 Å². The fourth-order valence-electron chi connectivity index (χ4n) is 3.24. The number of fused-ring (bicyclic) bond motifs is 1. The van der Waals surface area contributed by atoms with Gasteiger partial charge >= 0.3 is 0 Å². The molecule has 0 N–H and O–H groups in total. The van der Waals surface area contributed by atoms with Gasteiger partial charge in [-0.15, -0.1) is 0 Å². The summed E-state index contributed by atoms with van der Waals surface area (Å²) in [6.07, 6.45) is 0. The highest BCUT2D eigenvalue weighted by atomic mass is 16.5. The van der Waals surface area contributed by atoms with Gasteiger partial charge in [-0.1, -0.05) is 36.4 Å². The zero-order chi connectivity index (χ0) is 18.6. The standard InChI is InChI=1S/C23H22N2O2/c1-17-7-5-10-20(15-17)27-14-13-25-22-12-4-3-11-21(22)24-23(25)18-8-6-9-19(16-18)26-2/h3-12,15-16H,13-14H2,1-2H3. The van der Waals surface area contributed by atoms with Crippen LogP contribution in [0.25, 0.3) is 22.4 Å². The Hall–Kier alpha value is -3.27. The lowest BCUT2D eigenvalue weighted by Gasteiger charge is -2.12. The molecule has 0 unspecified atom stereocenters. The molecule has 0 aliphatic carbocycles. The van der Waals surface area contributed by atoms with Crippen molar-refractivity contribution < 1.29 is 9.47 Å². The quantitative estimate of drug-likeness (QED) is 0.481. The molecule has 0 atom stereocenters. The molecule has 0 radical (unpaired) electrons. The molecule has 27 heavy (non-hydrogen) atoms. The van der Waals surface area contributed by atoms with E-state index in [1.54, 1.807) is 7.11 Å². The fraction of sp³-hybridized carbons (Fsp3) is 0.174. The van der Waals surface area contributed by atoms with Gasteiger partial charge in [0.15, 0.2) is 0 Å². The lowest BCUT2D eigenvalue weighted by atomic mass is 10.2. The first-order valence-electron chi connectivity index (χ1n) is 9.04. The second kappa shape index (κ2) is 7.54. The highest BCUT2D eigenvalue weighted by Crippen LogP contribution is 2.27. The van der Waals surface area contributed by atoms with Crippen molar-refractivity contribution in [2.24, 2.45) is 0 Å². The topological polar surface area (TPSA) is 36.3 Å². The van der Waals surface area contributed by atoms with Crippen LogP contribution in [0, 0.1) is 6.92 Å². The van der Waals surface area contributed by atoms with Crippen LogP contribution in [0.3, 0.4) is 0 Å². The second-order valence-electron chi connectivity index (χ2n) is 6.47. The maximum absolute atomic E-state index is 5.97. The Bertz CT molecular complexity index is 1070. The van der Waals surface area contributed by atoms with E-state index in [2.05, 4.69) is 35.8 Å². The molecule has 0 aliphatic heterocycles.